The molecule has 2 heterocycles. The Bertz CT molecular complexity index is 522. The molecule has 0 radical (unpaired) electrons. The number of halogens is 1. The SMILES string of the molecule is CCNC(=NCCCOCC1CCOC1)NCCCCc1nc(C)cs1.I. The highest BCUT2D eigenvalue weighted by atomic mass is 127. The average Bonchev–Trinajstić information content (AvgIpc) is 3.29. The van der Waals surface area contributed by atoms with Crippen molar-refractivity contribution in [3.8, 4) is 0 Å². The van der Waals surface area contributed by atoms with Crippen LogP contribution in [0, 0.1) is 12.8 Å². The second-order valence-corrected chi connectivity index (χ2v) is 7.63. The van der Waals surface area contributed by atoms with Crippen LogP contribution in [0.4, 0.5) is 0 Å². The number of aryl methyl sites for hydroxylation is 2. The van der Waals surface area contributed by atoms with Crippen molar-refractivity contribution in [2.75, 3.05) is 46.1 Å². The predicted octanol–water partition coefficient (Wildman–Crippen LogP) is 3.39. The summed E-state index contributed by atoms with van der Waals surface area (Å²) in [6.45, 7) is 10.1. The van der Waals surface area contributed by atoms with Gasteiger partial charge in [-0.1, -0.05) is 0 Å². The number of aromatic nitrogens is 1. The summed E-state index contributed by atoms with van der Waals surface area (Å²) in [5, 5.41) is 10.1. The van der Waals surface area contributed by atoms with Gasteiger partial charge in [0.05, 0.1) is 18.2 Å². The first kappa shape index (κ1) is 24.6. The van der Waals surface area contributed by atoms with Gasteiger partial charge in [-0.25, -0.2) is 4.98 Å². The highest BCUT2D eigenvalue weighted by Crippen LogP contribution is 2.12. The molecule has 1 aromatic heterocycles. The second kappa shape index (κ2) is 15.5. The van der Waals surface area contributed by atoms with Crippen LogP contribution in [0.15, 0.2) is 10.4 Å². The Morgan fingerprint density at radius 1 is 1.37 bits per heavy atom. The number of unbranched alkanes of at least 4 members (excludes halogenated alkanes) is 1. The van der Waals surface area contributed by atoms with Crippen molar-refractivity contribution in [3.05, 3.63) is 16.1 Å². The van der Waals surface area contributed by atoms with E-state index in [2.05, 4.69) is 39.8 Å². The molecule has 0 aromatic carbocycles. The second-order valence-electron chi connectivity index (χ2n) is 6.69. The number of ether oxygens (including phenoxy) is 2. The fourth-order valence-electron chi connectivity index (χ4n) is 2.79. The van der Waals surface area contributed by atoms with E-state index in [1.54, 1.807) is 11.3 Å². The van der Waals surface area contributed by atoms with Crippen LogP contribution in [0.1, 0.15) is 43.3 Å². The first-order valence-electron chi connectivity index (χ1n) is 9.86. The van der Waals surface area contributed by atoms with E-state index in [1.165, 1.54) is 5.01 Å². The topological polar surface area (TPSA) is 67.8 Å². The molecular weight excluding hydrogens is 475 g/mol. The normalized spacial score (nSPS) is 17.0. The summed E-state index contributed by atoms with van der Waals surface area (Å²) in [6, 6.07) is 0. The Morgan fingerprint density at radius 2 is 2.26 bits per heavy atom. The lowest BCUT2D eigenvalue weighted by Gasteiger charge is -2.11. The van der Waals surface area contributed by atoms with E-state index in [-0.39, 0.29) is 24.0 Å². The van der Waals surface area contributed by atoms with E-state index < -0.39 is 0 Å². The third-order valence-corrected chi connectivity index (χ3v) is 5.24. The molecular formula is C19H35IN4O2S. The minimum absolute atomic E-state index is 0. The van der Waals surface area contributed by atoms with E-state index in [0.717, 1.165) is 89.8 Å². The van der Waals surface area contributed by atoms with Crippen LogP contribution in [0.25, 0.3) is 0 Å². The summed E-state index contributed by atoms with van der Waals surface area (Å²) in [5.41, 5.74) is 1.13. The van der Waals surface area contributed by atoms with Crippen molar-refractivity contribution in [2.24, 2.45) is 10.9 Å². The number of nitrogens with one attached hydrogen (secondary N) is 2. The zero-order valence-corrected chi connectivity index (χ0v) is 19.8. The summed E-state index contributed by atoms with van der Waals surface area (Å²) < 4.78 is 11.1. The molecule has 0 spiro atoms. The van der Waals surface area contributed by atoms with Crippen molar-refractivity contribution >= 4 is 41.3 Å². The minimum atomic E-state index is 0. The number of guanidine groups is 1. The summed E-state index contributed by atoms with van der Waals surface area (Å²) in [5.74, 6) is 1.49. The van der Waals surface area contributed by atoms with Crippen LogP contribution in [-0.2, 0) is 15.9 Å². The maximum absolute atomic E-state index is 5.72. The van der Waals surface area contributed by atoms with E-state index in [0.29, 0.717) is 5.92 Å². The quantitative estimate of drug-likeness (QED) is 0.195. The number of rotatable bonds is 12. The highest BCUT2D eigenvalue weighted by molar-refractivity contribution is 14.0. The molecule has 1 unspecified atom stereocenters. The van der Waals surface area contributed by atoms with Crippen LogP contribution >= 0.6 is 35.3 Å². The molecule has 1 atom stereocenters. The van der Waals surface area contributed by atoms with Gasteiger partial charge in [0.15, 0.2) is 5.96 Å². The molecule has 8 heteroatoms. The van der Waals surface area contributed by atoms with Crippen molar-refractivity contribution in [2.45, 2.75) is 46.0 Å². The molecule has 0 aliphatic carbocycles. The van der Waals surface area contributed by atoms with Crippen molar-refractivity contribution in [1.82, 2.24) is 15.6 Å². The van der Waals surface area contributed by atoms with Gasteiger partial charge in [0, 0.05) is 49.8 Å². The van der Waals surface area contributed by atoms with Gasteiger partial charge in [-0.15, -0.1) is 35.3 Å². The van der Waals surface area contributed by atoms with Crippen LogP contribution in [-0.4, -0.2) is 57.0 Å². The van der Waals surface area contributed by atoms with Gasteiger partial charge in [0.1, 0.15) is 0 Å². The number of hydrogen-bond donors (Lipinski definition) is 2. The van der Waals surface area contributed by atoms with Gasteiger partial charge >= 0.3 is 0 Å². The Hall–Kier alpha value is -0.450. The highest BCUT2D eigenvalue weighted by Gasteiger charge is 2.15. The molecule has 1 aliphatic rings. The first-order chi connectivity index (χ1) is 12.8. The third-order valence-electron chi connectivity index (χ3n) is 4.21. The fourth-order valence-corrected chi connectivity index (χ4v) is 3.61. The van der Waals surface area contributed by atoms with Crippen LogP contribution in [0.5, 0.6) is 0 Å². The molecule has 27 heavy (non-hydrogen) atoms. The third kappa shape index (κ3) is 11.2. The van der Waals surface area contributed by atoms with Crippen LogP contribution in [0.2, 0.25) is 0 Å². The Balaban J connectivity index is 0.00000364. The maximum atomic E-state index is 5.72. The minimum Gasteiger partial charge on any atom is -0.381 e. The molecule has 1 saturated heterocycles. The van der Waals surface area contributed by atoms with Crippen molar-refractivity contribution in [3.63, 3.8) is 0 Å². The van der Waals surface area contributed by atoms with Gasteiger partial charge in [-0.05, 0) is 46.0 Å². The van der Waals surface area contributed by atoms with Crippen LogP contribution in [0.3, 0.4) is 0 Å². The number of hydrogen-bond acceptors (Lipinski definition) is 5. The van der Waals surface area contributed by atoms with Crippen LogP contribution < -0.4 is 10.6 Å². The van der Waals surface area contributed by atoms with Gasteiger partial charge in [-0.3, -0.25) is 4.99 Å². The smallest absolute Gasteiger partial charge is 0.191 e. The van der Waals surface area contributed by atoms with Gasteiger partial charge in [0.2, 0.25) is 0 Å². The Labute approximate surface area is 184 Å². The van der Waals surface area contributed by atoms with Crippen molar-refractivity contribution < 1.29 is 9.47 Å². The molecule has 6 nitrogen and oxygen atoms in total. The summed E-state index contributed by atoms with van der Waals surface area (Å²) in [4.78, 5) is 9.13. The largest absolute Gasteiger partial charge is 0.381 e. The zero-order chi connectivity index (χ0) is 18.5. The van der Waals surface area contributed by atoms with Crippen molar-refractivity contribution in [1.29, 1.82) is 0 Å². The molecule has 1 aromatic rings. The monoisotopic (exact) mass is 510 g/mol. The average molecular weight is 510 g/mol. The standard InChI is InChI=1S/C19H34N4O2S.HI/c1-3-20-19(21-9-5-4-7-18-23-16(2)15-26-18)22-10-6-11-24-13-17-8-12-25-14-17;/h15,17H,3-14H2,1-2H3,(H2,20,21,22);1H. The molecule has 0 bridgehead atoms. The lowest BCUT2D eigenvalue weighted by Crippen LogP contribution is -2.38. The van der Waals surface area contributed by atoms with Gasteiger partial charge < -0.3 is 20.1 Å². The van der Waals surface area contributed by atoms with Gasteiger partial charge in [-0.2, -0.15) is 0 Å². The lowest BCUT2D eigenvalue weighted by atomic mass is 10.1. The summed E-state index contributed by atoms with van der Waals surface area (Å²) in [7, 11) is 0. The number of nitrogens with zero attached hydrogens (tertiary/aromatic N) is 2. The molecule has 2 rings (SSSR count). The summed E-state index contributed by atoms with van der Waals surface area (Å²) in [6.07, 6.45) is 5.42. The molecule has 0 saturated carbocycles. The van der Waals surface area contributed by atoms with Gasteiger partial charge in [0.25, 0.3) is 0 Å². The molecule has 1 fully saturated rings. The Kier molecular flexibility index (Phi) is 14.1. The number of thiazole rings is 1. The van der Waals surface area contributed by atoms with E-state index >= 15 is 0 Å². The molecule has 0 amide bonds. The zero-order valence-electron chi connectivity index (χ0n) is 16.7. The fraction of sp³-hybridized carbons (Fsp3) is 0.789. The Morgan fingerprint density at radius 3 is 2.96 bits per heavy atom. The number of aliphatic imine (C=N–C) groups is 1. The molecule has 156 valence electrons. The van der Waals surface area contributed by atoms with E-state index in [9.17, 15) is 0 Å². The lowest BCUT2D eigenvalue weighted by molar-refractivity contribution is 0.0893. The van der Waals surface area contributed by atoms with E-state index in [1.807, 2.05) is 0 Å². The van der Waals surface area contributed by atoms with E-state index in [4.69, 9.17) is 9.47 Å². The first-order valence-corrected chi connectivity index (χ1v) is 10.7. The maximum Gasteiger partial charge on any atom is 0.191 e. The molecule has 1 aliphatic heterocycles. The predicted molar refractivity (Wildman–Crippen MR) is 124 cm³/mol. The summed E-state index contributed by atoms with van der Waals surface area (Å²) >= 11 is 1.76. The molecule has 2 N–H and O–H groups in total.